The first-order chi connectivity index (χ1) is 20.9. The molecule has 0 saturated carbocycles. The molecule has 1 N–H and O–H groups in total. The van der Waals surface area contributed by atoms with Gasteiger partial charge >= 0.3 is 0 Å². The molecule has 0 aliphatic heterocycles. The first kappa shape index (κ1) is 32.0. The van der Waals surface area contributed by atoms with Gasteiger partial charge in [0.25, 0.3) is 0 Å². The van der Waals surface area contributed by atoms with E-state index in [1.165, 1.54) is 55.7 Å². The fraction of sp³-hybridized carbons (Fsp3) is 0.425. The zero-order valence-corrected chi connectivity index (χ0v) is 29.4. The Hall–Kier alpha value is -3.37. The minimum atomic E-state index is -0.0794. The van der Waals surface area contributed by atoms with Crippen molar-refractivity contribution in [1.82, 2.24) is 9.55 Å². The molecular formula is C40H51N3S. The van der Waals surface area contributed by atoms with E-state index in [-0.39, 0.29) is 6.04 Å². The van der Waals surface area contributed by atoms with Crippen LogP contribution in [0.2, 0.25) is 0 Å². The third-order valence-corrected chi connectivity index (χ3v) is 9.91. The quantitative estimate of drug-likeness (QED) is 0.172. The molecular weight excluding hydrogens is 555 g/mol. The van der Waals surface area contributed by atoms with E-state index in [9.17, 15) is 0 Å². The van der Waals surface area contributed by atoms with Crippen molar-refractivity contribution >= 4 is 27.9 Å². The molecule has 0 bridgehead atoms. The fourth-order valence-corrected chi connectivity index (χ4v) is 7.42. The Bertz CT molecular complexity index is 1690. The van der Waals surface area contributed by atoms with Gasteiger partial charge in [-0.05, 0) is 82.0 Å². The average molecular weight is 606 g/mol. The Labute approximate surface area is 269 Å². The van der Waals surface area contributed by atoms with Crippen LogP contribution < -0.4 is 5.32 Å². The number of thiazole rings is 1. The van der Waals surface area contributed by atoms with Crippen LogP contribution in [-0.4, -0.2) is 9.55 Å². The van der Waals surface area contributed by atoms with E-state index in [0.717, 1.165) is 10.8 Å². The van der Waals surface area contributed by atoms with Gasteiger partial charge in [-0.2, -0.15) is 0 Å². The Morgan fingerprint density at radius 2 is 1.23 bits per heavy atom. The van der Waals surface area contributed by atoms with Crippen molar-refractivity contribution in [2.75, 3.05) is 5.32 Å². The van der Waals surface area contributed by atoms with Gasteiger partial charge in [0.15, 0.2) is 0 Å². The summed E-state index contributed by atoms with van der Waals surface area (Å²) < 4.78 is 2.31. The van der Waals surface area contributed by atoms with Crippen molar-refractivity contribution in [2.24, 2.45) is 0 Å². The van der Waals surface area contributed by atoms with Crippen LogP contribution in [0.1, 0.15) is 149 Å². The number of aryl methyl sites for hydroxylation is 1. The molecule has 2 heterocycles. The molecule has 5 rings (SSSR count). The summed E-state index contributed by atoms with van der Waals surface area (Å²) in [4.78, 5) is 5.46. The molecule has 1 atom stereocenters. The predicted molar refractivity (Wildman–Crippen MR) is 192 cm³/mol. The van der Waals surface area contributed by atoms with Gasteiger partial charge in [-0.15, -0.1) is 11.3 Å². The summed E-state index contributed by atoms with van der Waals surface area (Å²) in [6.07, 6.45) is 0. The predicted octanol–water partition coefficient (Wildman–Crippen LogP) is 12.2. The SMILES string of the molecule is Cc1cc2ccccc2n1-c1csc(C(Nc2c(C(C)C)cccc2C(C)C)c2c(C(C)C)cc(C(C)C)cc2C(C)C)n1. The highest BCUT2D eigenvalue weighted by molar-refractivity contribution is 7.10. The third kappa shape index (κ3) is 6.11. The van der Waals surface area contributed by atoms with Crippen LogP contribution in [0.15, 0.2) is 66.0 Å². The molecule has 0 radical (unpaired) electrons. The van der Waals surface area contributed by atoms with E-state index in [1.807, 2.05) is 0 Å². The van der Waals surface area contributed by atoms with Crippen molar-refractivity contribution in [2.45, 2.75) is 112 Å². The molecule has 0 aliphatic carbocycles. The van der Waals surface area contributed by atoms with Gasteiger partial charge < -0.3 is 5.32 Å². The van der Waals surface area contributed by atoms with Crippen LogP contribution in [0.4, 0.5) is 5.69 Å². The number of para-hydroxylation sites is 2. The molecule has 0 aliphatic rings. The standard InChI is InChI=1S/C40H51N3S/c1-23(2)30-20-33(26(7)8)37(34(21-30)27(9)10)39(42-38-31(24(3)4)16-14-17-32(38)25(5)6)40-41-36(22-44-40)43-28(11)19-29-15-12-13-18-35(29)43/h12-27,39,42H,1-11H3. The van der Waals surface area contributed by atoms with Crippen molar-refractivity contribution in [3.8, 4) is 5.82 Å². The fourth-order valence-electron chi connectivity index (χ4n) is 6.58. The summed E-state index contributed by atoms with van der Waals surface area (Å²) >= 11 is 1.77. The molecule has 2 aromatic heterocycles. The van der Waals surface area contributed by atoms with E-state index < -0.39 is 0 Å². The summed E-state index contributed by atoms with van der Waals surface area (Å²) in [6, 6.07) is 22.6. The van der Waals surface area contributed by atoms with Crippen LogP contribution in [0.3, 0.4) is 0 Å². The van der Waals surface area contributed by atoms with Crippen molar-refractivity contribution in [3.05, 3.63) is 110 Å². The summed E-state index contributed by atoms with van der Waals surface area (Å²) in [5, 5.41) is 8.79. The van der Waals surface area contributed by atoms with Crippen LogP contribution in [0.5, 0.6) is 0 Å². The maximum absolute atomic E-state index is 5.46. The molecule has 232 valence electrons. The number of fused-ring (bicyclic) bond motifs is 1. The van der Waals surface area contributed by atoms with Gasteiger partial charge in [-0.1, -0.05) is 118 Å². The number of nitrogens with one attached hydrogen (secondary N) is 1. The zero-order valence-electron chi connectivity index (χ0n) is 28.6. The Morgan fingerprint density at radius 3 is 1.77 bits per heavy atom. The van der Waals surface area contributed by atoms with Crippen LogP contribution in [0.25, 0.3) is 16.7 Å². The number of rotatable bonds is 10. The lowest BCUT2D eigenvalue weighted by Crippen LogP contribution is -2.20. The van der Waals surface area contributed by atoms with Gasteiger partial charge in [0.2, 0.25) is 0 Å². The lowest BCUT2D eigenvalue weighted by atomic mass is 9.81. The highest BCUT2D eigenvalue weighted by atomic mass is 32.1. The van der Waals surface area contributed by atoms with Crippen molar-refractivity contribution < 1.29 is 0 Å². The van der Waals surface area contributed by atoms with E-state index in [2.05, 4.69) is 152 Å². The maximum Gasteiger partial charge on any atom is 0.148 e. The van der Waals surface area contributed by atoms with Crippen LogP contribution in [0, 0.1) is 6.92 Å². The topological polar surface area (TPSA) is 29.9 Å². The first-order valence-electron chi connectivity index (χ1n) is 16.5. The Kier molecular flexibility index (Phi) is 9.41. The monoisotopic (exact) mass is 605 g/mol. The van der Waals surface area contributed by atoms with Gasteiger partial charge in [0, 0.05) is 22.1 Å². The molecule has 0 amide bonds. The lowest BCUT2D eigenvalue weighted by molar-refractivity contribution is 0.749. The van der Waals surface area contributed by atoms with Crippen molar-refractivity contribution in [3.63, 3.8) is 0 Å². The van der Waals surface area contributed by atoms with E-state index in [0.29, 0.717) is 29.6 Å². The van der Waals surface area contributed by atoms with E-state index in [1.54, 1.807) is 11.3 Å². The number of anilines is 1. The molecule has 5 aromatic rings. The Morgan fingerprint density at radius 1 is 0.659 bits per heavy atom. The maximum atomic E-state index is 5.46. The number of hydrogen-bond donors (Lipinski definition) is 1. The minimum Gasteiger partial charge on any atom is -0.372 e. The summed E-state index contributed by atoms with van der Waals surface area (Å²) in [6.45, 7) is 25.4. The van der Waals surface area contributed by atoms with Gasteiger partial charge in [-0.25, -0.2) is 4.98 Å². The number of benzene rings is 3. The second-order valence-corrected chi connectivity index (χ2v) is 14.9. The molecule has 1 unspecified atom stereocenters. The molecule has 4 heteroatoms. The van der Waals surface area contributed by atoms with Gasteiger partial charge in [0.1, 0.15) is 16.9 Å². The largest absolute Gasteiger partial charge is 0.372 e. The lowest BCUT2D eigenvalue weighted by Gasteiger charge is -2.31. The summed E-state index contributed by atoms with van der Waals surface area (Å²) in [5.74, 6) is 3.02. The second-order valence-electron chi connectivity index (χ2n) is 14.0. The minimum absolute atomic E-state index is 0.0794. The summed E-state index contributed by atoms with van der Waals surface area (Å²) in [5.41, 5.74) is 12.0. The number of nitrogens with zero attached hydrogens (tertiary/aromatic N) is 2. The highest BCUT2D eigenvalue weighted by Crippen LogP contribution is 2.43. The number of hydrogen-bond acceptors (Lipinski definition) is 3. The zero-order chi connectivity index (χ0) is 31.9. The smallest absolute Gasteiger partial charge is 0.148 e. The average Bonchev–Trinajstić information content (AvgIpc) is 3.58. The van der Waals surface area contributed by atoms with Gasteiger partial charge in [0.05, 0.1) is 5.52 Å². The Balaban J connectivity index is 1.79. The molecule has 3 aromatic carbocycles. The third-order valence-electron chi connectivity index (χ3n) is 9.01. The first-order valence-corrected chi connectivity index (χ1v) is 17.4. The van der Waals surface area contributed by atoms with Gasteiger partial charge in [-0.3, -0.25) is 4.57 Å². The summed E-state index contributed by atoms with van der Waals surface area (Å²) in [7, 11) is 0. The van der Waals surface area contributed by atoms with Crippen molar-refractivity contribution in [1.29, 1.82) is 0 Å². The molecule has 0 fully saturated rings. The molecule has 3 nitrogen and oxygen atoms in total. The molecule has 44 heavy (non-hydrogen) atoms. The molecule has 0 spiro atoms. The molecule has 0 saturated heterocycles. The van der Waals surface area contributed by atoms with E-state index in [4.69, 9.17) is 4.98 Å². The van der Waals surface area contributed by atoms with Crippen LogP contribution >= 0.6 is 11.3 Å². The van der Waals surface area contributed by atoms with E-state index >= 15 is 0 Å². The second kappa shape index (κ2) is 12.9. The number of aromatic nitrogens is 2. The van der Waals surface area contributed by atoms with Crippen LogP contribution in [-0.2, 0) is 0 Å². The normalized spacial score (nSPS) is 12.9. The highest BCUT2D eigenvalue weighted by Gasteiger charge is 2.29.